The van der Waals surface area contributed by atoms with E-state index in [0.29, 0.717) is 44.6 Å². The maximum absolute atomic E-state index is 9.46. The molecule has 274 valence electrons. The highest BCUT2D eigenvalue weighted by molar-refractivity contribution is 6.14. The van der Waals surface area contributed by atoms with E-state index >= 15 is 0 Å². The largest absolute Gasteiger partial charge is 0.457 e. The van der Waals surface area contributed by atoms with Crippen LogP contribution in [0.5, 0.6) is 0 Å². The number of para-hydroxylation sites is 1. The molecule has 0 bridgehead atoms. The van der Waals surface area contributed by atoms with Crippen LogP contribution in [-0.2, 0) is 38.2 Å². The summed E-state index contributed by atoms with van der Waals surface area (Å²) in [6.45, 7) is 7.68. The summed E-state index contributed by atoms with van der Waals surface area (Å²) in [4.78, 5) is 16.8. The Morgan fingerprint density at radius 1 is 0.509 bits per heavy atom. The van der Waals surface area contributed by atoms with E-state index in [1.807, 2.05) is 60.7 Å². The highest BCUT2D eigenvalue weighted by atomic mass is 16.3. The maximum Gasteiger partial charge on any atom is 0.198 e. The van der Waals surface area contributed by atoms with Crippen LogP contribution in [-0.4, -0.2) is 15.0 Å². The molecule has 57 heavy (non-hydrogen) atoms. The molecule has 0 aliphatic rings. The molecule has 0 fully saturated rings. The summed E-state index contributed by atoms with van der Waals surface area (Å²) in [5, 5.41) is 1.03. The Labute approximate surface area is 351 Å². The number of hydrogen-bond donors (Lipinski definition) is 0. The van der Waals surface area contributed by atoms with Gasteiger partial charge in [-0.25, -0.2) is 4.85 Å². The van der Waals surface area contributed by atoms with Crippen molar-refractivity contribution in [1.29, 1.82) is 0 Å². The van der Waals surface area contributed by atoms with E-state index in [0.717, 1.165) is 35.5 Å². The molecule has 0 aliphatic heterocycles. The van der Waals surface area contributed by atoms with Crippen molar-refractivity contribution in [3.8, 4) is 33.8 Å². The summed E-state index contributed by atoms with van der Waals surface area (Å²) >= 11 is 0. The number of aryl methyl sites for hydroxylation is 6. The minimum Gasteiger partial charge on any atom is -0.457 e. The Kier molecular flexibility index (Phi) is 6.77. The van der Waals surface area contributed by atoms with Gasteiger partial charge in [-0.2, -0.15) is 0 Å². The topological polar surface area (TPSA) is 56.2 Å². The Morgan fingerprint density at radius 2 is 1.00 bits per heavy atom. The smallest absolute Gasteiger partial charge is 0.198 e. The van der Waals surface area contributed by atoms with E-state index in [2.05, 4.69) is 19.8 Å². The second-order valence-electron chi connectivity index (χ2n) is 13.0. The number of fused-ring (bicyclic) bond motifs is 3. The van der Waals surface area contributed by atoms with Crippen molar-refractivity contribution in [1.82, 2.24) is 15.0 Å². The fourth-order valence-electron chi connectivity index (χ4n) is 6.46. The van der Waals surface area contributed by atoms with Gasteiger partial charge >= 0.3 is 0 Å². The van der Waals surface area contributed by atoms with Crippen LogP contribution in [0.1, 0.15) is 51.2 Å². The maximum atomic E-state index is 9.46. The van der Waals surface area contributed by atoms with Crippen molar-refractivity contribution in [2.75, 3.05) is 0 Å². The van der Waals surface area contributed by atoms with Crippen molar-refractivity contribution in [3.05, 3.63) is 215 Å². The second-order valence-corrected chi connectivity index (χ2v) is 13.0. The zero-order valence-electron chi connectivity index (χ0n) is 43.3. The van der Waals surface area contributed by atoms with Crippen LogP contribution in [0.4, 0.5) is 5.69 Å². The molecule has 4 heterocycles. The summed E-state index contributed by atoms with van der Waals surface area (Å²) in [5.41, 5.74) is 1.72. The highest BCUT2D eigenvalue weighted by Crippen LogP contribution is 2.39. The van der Waals surface area contributed by atoms with Gasteiger partial charge in [0.25, 0.3) is 0 Å². The molecule has 0 spiro atoms. The monoisotopic (exact) mass is 749 g/mol. The fraction of sp³-hybridized carbons (Fsp3) is 0.115. The molecule has 4 aromatic heterocycles. The van der Waals surface area contributed by atoms with Gasteiger partial charge in [0.2, 0.25) is 0 Å². The van der Waals surface area contributed by atoms with Gasteiger partial charge < -0.3 is 4.42 Å². The summed E-state index contributed by atoms with van der Waals surface area (Å²) in [6, 6.07) is 37.9. The molecule has 9 rings (SSSR count). The second kappa shape index (κ2) is 16.3. The van der Waals surface area contributed by atoms with Crippen LogP contribution in [0.2, 0.25) is 0 Å². The van der Waals surface area contributed by atoms with E-state index in [-0.39, 0.29) is 28.4 Å². The zero-order valence-corrected chi connectivity index (χ0v) is 30.3. The third-order valence-corrected chi connectivity index (χ3v) is 9.24. The predicted octanol–water partition coefficient (Wildman–Crippen LogP) is 12.7. The summed E-state index contributed by atoms with van der Waals surface area (Å²) in [7, 11) is 0. The first-order valence-corrected chi connectivity index (χ1v) is 18.1. The number of pyridine rings is 3. The number of rotatable bonds is 12. The molecule has 0 unspecified atom stereocenters. The van der Waals surface area contributed by atoms with Gasteiger partial charge in [-0.3, -0.25) is 15.0 Å². The highest BCUT2D eigenvalue weighted by Gasteiger charge is 2.15. The number of nitrogens with zero attached hydrogens (tertiary/aromatic N) is 4. The van der Waals surface area contributed by atoms with E-state index in [9.17, 15) is 16.4 Å². The quantitative estimate of drug-likeness (QED) is 0.117. The number of benzene rings is 5. The molecule has 0 radical (unpaired) electrons. The Bertz CT molecular complexity index is 3320. The molecule has 0 saturated carbocycles. The van der Waals surface area contributed by atoms with Crippen molar-refractivity contribution in [2.24, 2.45) is 0 Å². The normalized spacial score (nSPS) is 16.1. The predicted molar refractivity (Wildman–Crippen MR) is 231 cm³/mol. The molecule has 0 N–H and O–H groups in total. The molecule has 5 nitrogen and oxygen atoms in total. The Morgan fingerprint density at radius 3 is 1.47 bits per heavy atom. The molecule has 9 aromatic rings. The third-order valence-electron chi connectivity index (χ3n) is 9.24. The van der Waals surface area contributed by atoms with Gasteiger partial charge in [0.05, 0.1) is 23.7 Å². The minimum atomic E-state index is -3.13. The molecule has 0 amide bonds. The lowest BCUT2D eigenvalue weighted by atomic mass is 9.94. The molecule has 0 atom stereocenters. The number of furan rings is 1. The van der Waals surface area contributed by atoms with Crippen LogP contribution in [0.15, 0.2) is 175 Å². The molecule has 5 heteroatoms. The molecule has 0 aliphatic carbocycles. The first-order valence-electron chi connectivity index (χ1n) is 24.6. The summed E-state index contributed by atoms with van der Waals surface area (Å²) in [6.07, 6.45) is -14.6. The summed E-state index contributed by atoms with van der Waals surface area (Å²) < 4.78 is 126. The van der Waals surface area contributed by atoms with Gasteiger partial charge in [0, 0.05) is 63.9 Å². The lowest BCUT2D eigenvalue weighted by Crippen LogP contribution is -2.00. The third kappa shape index (κ3) is 7.99. The zero-order chi connectivity index (χ0) is 50.0. The average molecular weight is 750 g/mol. The van der Waals surface area contributed by atoms with Crippen LogP contribution >= 0.6 is 0 Å². The van der Waals surface area contributed by atoms with Gasteiger partial charge in [-0.15, -0.1) is 0 Å². The molecule has 0 saturated heterocycles. The lowest BCUT2D eigenvalue weighted by molar-refractivity contribution is 0.670. The first-order chi connectivity index (χ1) is 33.1. The molecular formula is C52H40N4O. The number of hydrogen-bond acceptors (Lipinski definition) is 4. The first kappa shape index (κ1) is 23.7. The van der Waals surface area contributed by atoms with Crippen LogP contribution in [0, 0.1) is 6.57 Å². The minimum absolute atomic E-state index is 0.0363. The van der Waals surface area contributed by atoms with E-state index in [4.69, 9.17) is 12.4 Å². The van der Waals surface area contributed by atoms with Crippen molar-refractivity contribution in [2.45, 2.75) is 38.2 Å². The number of aromatic nitrogens is 3. The van der Waals surface area contributed by atoms with Crippen LogP contribution in [0.3, 0.4) is 0 Å². The van der Waals surface area contributed by atoms with Crippen molar-refractivity contribution >= 4 is 27.6 Å². The lowest BCUT2D eigenvalue weighted by Gasteiger charge is -2.12. The average Bonchev–Trinajstić information content (AvgIpc) is 3.75. The van der Waals surface area contributed by atoms with Gasteiger partial charge in [-0.05, 0) is 102 Å². The van der Waals surface area contributed by atoms with Gasteiger partial charge in [0.15, 0.2) is 5.69 Å². The van der Waals surface area contributed by atoms with Crippen LogP contribution < -0.4 is 0 Å². The van der Waals surface area contributed by atoms with Crippen molar-refractivity contribution < 1.29 is 22.2 Å². The van der Waals surface area contributed by atoms with E-state index < -0.39 is 54.9 Å². The molecule has 5 aromatic carbocycles. The standard InChI is InChI=1S/C52H40N4O/c1-53-49-16-9-17-50-51(49)45-15-8-14-44(52(45)57-50)48-29-26-38(35-56-48)20-23-41-31-39(21-18-36-24-27-46(54-33-36)42-10-4-2-5-11-42)30-40(32-41)22-19-37-25-28-47(55-34-37)43-12-6-3-7-13-43/h2-17,24-35H,18-23H2/i16D,18D2,19D2,20D2,21D2,22D2,23D2. The fourth-order valence-corrected chi connectivity index (χ4v) is 6.46. The van der Waals surface area contributed by atoms with E-state index in [1.54, 1.807) is 24.3 Å². The van der Waals surface area contributed by atoms with E-state index in [1.165, 1.54) is 54.9 Å². The SMILES string of the molecule is [2H]c1ccc2oc3c(-c4ccc(C([2H])([2H])C([2H])([2H])c5cc(C([2H])([2H])C([2H])([2H])c6ccc(-c7ccccc7)nc6)cc(C([2H])([2H])C([2H])([2H])c6ccc(-c7ccccc7)nc6)c5)cn4)cccc3c2c1[N+]#[C-]. The summed E-state index contributed by atoms with van der Waals surface area (Å²) in [5.74, 6) is 0. The van der Waals surface area contributed by atoms with Gasteiger partial charge in [-0.1, -0.05) is 121 Å². The Hall–Kier alpha value is -7.16. The molecular weight excluding hydrogens is 697 g/mol. The Balaban J connectivity index is 1.13. The van der Waals surface area contributed by atoms with Gasteiger partial charge in [0.1, 0.15) is 11.2 Å². The van der Waals surface area contributed by atoms with Crippen LogP contribution in [0.25, 0.3) is 60.6 Å². The van der Waals surface area contributed by atoms with Crippen molar-refractivity contribution in [3.63, 3.8) is 0 Å².